The van der Waals surface area contributed by atoms with Gasteiger partial charge in [-0.2, -0.15) is 4.98 Å². The van der Waals surface area contributed by atoms with Gasteiger partial charge in [-0.15, -0.1) is 23.1 Å². The van der Waals surface area contributed by atoms with Gasteiger partial charge in [0, 0.05) is 15.6 Å². The maximum absolute atomic E-state index is 13.2. The van der Waals surface area contributed by atoms with Crippen LogP contribution >= 0.6 is 34.7 Å². The number of hydrogen-bond donors (Lipinski definition) is 1. The molecule has 3 heterocycles. The molecule has 0 bridgehead atoms. The number of nitrogens with zero attached hydrogens (tertiary/aromatic N) is 3. The van der Waals surface area contributed by atoms with Crippen LogP contribution in [0.4, 0.5) is 10.5 Å². The zero-order valence-corrected chi connectivity index (χ0v) is 20.2. The zero-order valence-electron chi connectivity index (χ0n) is 17.8. The number of nitrogens with one attached hydrogen (secondary N) is 1. The molecule has 9 heteroatoms. The third-order valence-corrected chi connectivity index (χ3v) is 7.28. The highest BCUT2D eigenvalue weighted by atomic mass is 35.5. The molecule has 0 saturated heterocycles. The Morgan fingerprint density at radius 3 is 2.55 bits per heavy atom. The van der Waals surface area contributed by atoms with Crippen LogP contribution in [0.3, 0.4) is 0 Å². The smallest absolute Gasteiger partial charge is 0.326 e. The summed E-state index contributed by atoms with van der Waals surface area (Å²) in [6.07, 6.45) is 2.03. The Hall–Kier alpha value is -3.07. The first-order chi connectivity index (χ1) is 16.0. The minimum absolute atomic E-state index is 0.240. The van der Waals surface area contributed by atoms with Gasteiger partial charge in [0.25, 0.3) is 5.89 Å². The number of allylic oxidation sites excluding steroid dienone is 1. The maximum Gasteiger partial charge on any atom is 0.326 e. The Morgan fingerprint density at radius 1 is 1.12 bits per heavy atom. The summed E-state index contributed by atoms with van der Waals surface area (Å²) in [5, 5.41) is 9.88. The molecule has 6 nitrogen and oxygen atoms in total. The minimum atomic E-state index is -0.436. The summed E-state index contributed by atoms with van der Waals surface area (Å²) in [4.78, 5) is 21.6. The van der Waals surface area contributed by atoms with Gasteiger partial charge in [-0.3, -0.25) is 4.90 Å². The van der Waals surface area contributed by atoms with Crippen LogP contribution in [0.15, 0.2) is 81.2 Å². The Bertz CT molecular complexity index is 1320. The summed E-state index contributed by atoms with van der Waals surface area (Å²) in [6.45, 7) is 1.89. The highest BCUT2D eigenvalue weighted by molar-refractivity contribution is 7.98. The average molecular weight is 495 g/mol. The number of amides is 2. The van der Waals surface area contributed by atoms with Crippen molar-refractivity contribution < 1.29 is 9.32 Å². The van der Waals surface area contributed by atoms with Crippen molar-refractivity contribution in [3.63, 3.8) is 0 Å². The van der Waals surface area contributed by atoms with E-state index in [1.165, 1.54) is 0 Å². The van der Waals surface area contributed by atoms with Gasteiger partial charge in [0.2, 0.25) is 5.82 Å². The van der Waals surface area contributed by atoms with Crippen LogP contribution in [0.2, 0.25) is 5.02 Å². The van der Waals surface area contributed by atoms with E-state index < -0.39 is 6.04 Å². The van der Waals surface area contributed by atoms with Crippen molar-refractivity contribution in [1.82, 2.24) is 15.5 Å². The summed E-state index contributed by atoms with van der Waals surface area (Å²) in [7, 11) is 0. The lowest BCUT2D eigenvalue weighted by molar-refractivity contribution is 0.244. The molecule has 33 heavy (non-hydrogen) atoms. The number of thioether (sulfide) groups is 1. The van der Waals surface area contributed by atoms with Crippen LogP contribution in [-0.4, -0.2) is 22.4 Å². The van der Waals surface area contributed by atoms with Gasteiger partial charge in [-0.05, 0) is 66.6 Å². The van der Waals surface area contributed by atoms with Crippen molar-refractivity contribution >= 4 is 52.0 Å². The molecule has 0 saturated carbocycles. The van der Waals surface area contributed by atoms with Crippen molar-refractivity contribution in [2.75, 3.05) is 11.2 Å². The number of rotatable bonds is 5. The monoisotopic (exact) mass is 494 g/mol. The molecule has 2 amide bonds. The second-order valence-electron chi connectivity index (χ2n) is 7.37. The van der Waals surface area contributed by atoms with Gasteiger partial charge in [0.1, 0.15) is 0 Å². The van der Waals surface area contributed by atoms with Gasteiger partial charge >= 0.3 is 6.03 Å². The normalized spacial score (nSPS) is 16.3. The van der Waals surface area contributed by atoms with Crippen molar-refractivity contribution in [3.8, 4) is 10.7 Å². The van der Waals surface area contributed by atoms with Gasteiger partial charge in [-0.1, -0.05) is 35.0 Å². The number of aromatic nitrogens is 2. The van der Waals surface area contributed by atoms with Crippen molar-refractivity contribution in [2.45, 2.75) is 17.9 Å². The minimum Gasteiger partial charge on any atom is -0.334 e. The van der Waals surface area contributed by atoms with Crippen molar-refractivity contribution in [1.29, 1.82) is 0 Å². The fourth-order valence-corrected chi connectivity index (χ4v) is 4.99. The molecule has 5 rings (SSSR count). The summed E-state index contributed by atoms with van der Waals surface area (Å²) >= 11 is 9.27. The van der Waals surface area contributed by atoms with Crippen LogP contribution in [0, 0.1) is 0 Å². The first kappa shape index (κ1) is 21.8. The molecular weight excluding hydrogens is 476 g/mol. The highest BCUT2D eigenvalue weighted by Gasteiger charge is 2.36. The number of urea groups is 1. The van der Waals surface area contributed by atoms with Crippen molar-refractivity contribution in [3.05, 3.63) is 88.2 Å². The third kappa shape index (κ3) is 4.17. The largest absolute Gasteiger partial charge is 0.334 e. The van der Waals surface area contributed by atoms with E-state index in [1.807, 2.05) is 67.1 Å². The van der Waals surface area contributed by atoms with E-state index in [9.17, 15) is 4.79 Å². The number of benzene rings is 2. The molecule has 0 aliphatic carbocycles. The lowest BCUT2D eigenvalue weighted by Crippen LogP contribution is -2.46. The van der Waals surface area contributed by atoms with E-state index in [0.717, 1.165) is 20.9 Å². The van der Waals surface area contributed by atoms with E-state index in [2.05, 4.69) is 15.5 Å². The Labute approximate surface area is 204 Å². The molecule has 4 aromatic rings. The number of carbonyl (C=O) groups is 1. The van der Waals surface area contributed by atoms with Crippen LogP contribution in [0.25, 0.3) is 16.3 Å². The van der Waals surface area contributed by atoms with Gasteiger partial charge in [0.15, 0.2) is 0 Å². The number of hydrogen-bond acceptors (Lipinski definition) is 6. The molecule has 1 aliphatic rings. The van der Waals surface area contributed by atoms with Crippen molar-refractivity contribution in [2.24, 2.45) is 0 Å². The standard InChI is InChI=1S/C24H19ClN4O2S2/c1-14-20(23-27-22(28-31-23)19-4-3-13-33-19)21(15-5-11-18(32-2)12-6-15)26-24(30)29(14)17-9-7-16(25)8-10-17/h3-13,21H,1-2H3,(H,26,30). The lowest BCUT2D eigenvalue weighted by atomic mass is 9.94. The second-order valence-corrected chi connectivity index (χ2v) is 9.63. The molecule has 166 valence electrons. The first-order valence-electron chi connectivity index (χ1n) is 10.1. The second kappa shape index (κ2) is 9.05. The summed E-state index contributed by atoms with van der Waals surface area (Å²) < 4.78 is 5.72. The molecule has 0 radical (unpaired) electrons. The Balaban J connectivity index is 1.64. The highest BCUT2D eigenvalue weighted by Crippen LogP contribution is 2.39. The molecule has 1 aliphatic heterocycles. The number of carbonyl (C=O) groups excluding carboxylic acids is 1. The van der Waals surface area contributed by atoms with E-state index in [-0.39, 0.29) is 6.03 Å². The number of thiophene rings is 1. The van der Waals surface area contributed by atoms with Gasteiger partial charge in [0.05, 0.1) is 22.2 Å². The fraction of sp³-hybridized carbons (Fsp3) is 0.125. The van der Waals surface area contributed by atoms with Crippen LogP contribution in [-0.2, 0) is 0 Å². The van der Waals surface area contributed by atoms with E-state index in [1.54, 1.807) is 40.1 Å². The van der Waals surface area contributed by atoms with Crippen LogP contribution < -0.4 is 10.2 Å². The summed E-state index contributed by atoms with van der Waals surface area (Å²) in [6, 6.07) is 18.4. The maximum atomic E-state index is 13.2. The number of halogens is 1. The molecule has 0 fully saturated rings. The zero-order chi connectivity index (χ0) is 22.9. The average Bonchev–Trinajstić information content (AvgIpc) is 3.52. The molecule has 1 atom stereocenters. The third-order valence-electron chi connectivity index (χ3n) is 5.42. The van der Waals surface area contributed by atoms with E-state index in [0.29, 0.717) is 28.1 Å². The Morgan fingerprint density at radius 2 is 1.88 bits per heavy atom. The molecule has 1 unspecified atom stereocenters. The van der Waals surface area contributed by atoms with Gasteiger partial charge < -0.3 is 9.84 Å². The lowest BCUT2D eigenvalue weighted by Gasteiger charge is -2.35. The molecule has 2 aromatic heterocycles. The summed E-state index contributed by atoms with van der Waals surface area (Å²) in [5.41, 5.74) is 3.08. The van der Waals surface area contributed by atoms with Crippen LogP contribution in [0.5, 0.6) is 0 Å². The molecule has 1 N–H and O–H groups in total. The topological polar surface area (TPSA) is 71.3 Å². The predicted molar refractivity (Wildman–Crippen MR) is 134 cm³/mol. The SMILES string of the molecule is CSc1ccc(C2NC(=O)N(c3ccc(Cl)cc3)C(C)=C2c2nc(-c3cccs3)no2)cc1. The fourth-order valence-electron chi connectivity index (χ4n) is 3.81. The summed E-state index contributed by atoms with van der Waals surface area (Å²) in [5.74, 6) is 0.889. The van der Waals surface area contributed by atoms with E-state index >= 15 is 0 Å². The van der Waals surface area contributed by atoms with E-state index in [4.69, 9.17) is 16.1 Å². The molecule has 0 spiro atoms. The first-order valence-corrected chi connectivity index (χ1v) is 12.6. The molecular formula is C24H19ClN4O2S2. The number of anilines is 1. The quantitative estimate of drug-likeness (QED) is 0.306. The molecule has 2 aromatic carbocycles. The van der Waals surface area contributed by atoms with Gasteiger partial charge in [-0.25, -0.2) is 4.79 Å². The predicted octanol–water partition coefficient (Wildman–Crippen LogP) is 6.88. The van der Waals surface area contributed by atoms with Crippen LogP contribution in [0.1, 0.15) is 24.4 Å². The Kier molecular flexibility index (Phi) is 5.97.